The zero-order valence-electron chi connectivity index (χ0n) is 32.1. The van der Waals surface area contributed by atoms with E-state index in [0.717, 1.165) is 0 Å². The molecular weight excluding hydrogens is 750 g/mol. The number of phenols is 2. The second-order valence-electron chi connectivity index (χ2n) is 15.5. The molecule has 6 N–H and O–H groups in total. The van der Waals surface area contributed by atoms with Gasteiger partial charge in [-0.05, 0) is 79.3 Å². The average Bonchev–Trinajstić information content (AvgIpc) is 2.83. The van der Waals surface area contributed by atoms with Crippen molar-refractivity contribution >= 4 is 70.8 Å². The quantitative estimate of drug-likeness (QED) is 0.0911. The van der Waals surface area contributed by atoms with E-state index in [9.17, 15) is 46.0 Å². The number of phenolic OH excluding ortho intramolecular Hbond substituents is 2. The van der Waals surface area contributed by atoms with Crippen molar-refractivity contribution in [2.24, 2.45) is 0 Å². The Balaban J connectivity index is -0.000000853. The van der Waals surface area contributed by atoms with Gasteiger partial charge in [-0.25, -0.2) is 9.13 Å². The zero-order chi connectivity index (χ0) is 38.3. The fourth-order valence-corrected chi connectivity index (χ4v) is 6.29. The van der Waals surface area contributed by atoms with E-state index in [4.69, 9.17) is 9.11 Å². The largest absolute Gasteiger partial charge is 2.00 e. The SMILES string of the molecule is CC(C)(C)c1cc(COP(=O)(O)S(=O)(=O)O)cc(C(C)(C)C)c1O.CC(C)(C)c1cc(COP(=O)(O)S(=O)(=O)O)cc(C(C)(C)C)c1O.[Ca+2].[H-].[H-]. The third kappa shape index (κ3) is 13.4. The molecule has 0 aliphatic carbocycles. The smallest absolute Gasteiger partial charge is 1.00 e. The zero-order valence-corrected chi connectivity index (χ0v) is 35.7. The third-order valence-electron chi connectivity index (χ3n) is 6.94. The summed E-state index contributed by atoms with van der Waals surface area (Å²) in [5.41, 5.74) is 1.61. The molecule has 0 aromatic heterocycles. The van der Waals surface area contributed by atoms with Crippen LogP contribution in [0.3, 0.4) is 0 Å². The topological polar surface area (TPSA) is 242 Å². The van der Waals surface area contributed by atoms with Crippen molar-refractivity contribution in [3.05, 3.63) is 57.6 Å². The van der Waals surface area contributed by atoms with E-state index in [-0.39, 0.29) is 52.1 Å². The first-order chi connectivity index (χ1) is 20.9. The van der Waals surface area contributed by atoms with Crippen molar-refractivity contribution in [3.8, 4) is 11.5 Å². The maximum Gasteiger partial charge on any atom is 2.00 e. The first-order valence-electron chi connectivity index (χ1n) is 14.6. The summed E-state index contributed by atoms with van der Waals surface area (Å²) < 4.78 is 93.0. The Morgan fingerprint density at radius 3 is 0.878 bits per heavy atom. The Bertz CT molecular complexity index is 1620. The van der Waals surface area contributed by atoms with Crippen LogP contribution in [0.25, 0.3) is 0 Å². The molecule has 0 saturated carbocycles. The molecule has 0 fully saturated rings. The molecule has 0 amide bonds. The van der Waals surface area contributed by atoms with Crippen molar-refractivity contribution < 1.29 is 67.0 Å². The van der Waals surface area contributed by atoms with Crippen LogP contribution in [-0.2, 0) is 72.5 Å². The Morgan fingerprint density at radius 2 is 0.735 bits per heavy atom. The summed E-state index contributed by atoms with van der Waals surface area (Å²) in [6.07, 6.45) is 0. The summed E-state index contributed by atoms with van der Waals surface area (Å²) in [6.45, 7) is 11.4. The van der Waals surface area contributed by atoms with E-state index in [1.54, 1.807) is 24.3 Å². The number of benzene rings is 2. The van der Waals surface area contributed by atoms with E-state index in [2.05, 4.69) is 9.05 Å². The number of rotatable bonds is 8. The van der Waals surface area contributed by atoms with Crippen LogP contribution in [-0.4, -0.2) is 83.7 Å². The van der Waals surface area contributed by atoms with Gasteiger partial charge < -0.3 is 22.9 Å². The summed E-state index contributed by atoms with van der Waals surface area (Å²) in [4.78, 5) is 18.5. The molecule has 0 spiro atoms. The molecule has 2 unspecified atom stereocenters. The monoisotopic (exact) mass is 802 g/mol. The van der Waals surface area contributed by atoms with Crippen LogP contribution in [0.4, 0.5) is 0 Å². The minimum atomic E-state index is -5.22. The molecule has 0 saturated heterocycles. The normalized spacial score (nSPS) is 15.7. The van der Waals surface area contributed by atoms with E-state index in [1.807, 2.05) is 83.1 Å². The van der Waals surface area contributed by atoms with Crippen molar-refractivity contribution in [1.82, 2.24) is 0 Å². The van der Waals surface area contributed by atoms with Gasteiger partial charge in [-0.1, -0.05) is 83.1 Å². The van der Waals surface area contributed by atoms with Gasteiger partial charge in [0.05, 0.1) is 13.2 Å². The molecular formula is C30H52CaO14P2S2. The van der Waals surface area contributed by atoms with Crippen molar-refractivity contribution in [1.29, 1.82) is 0 Å². The molecule has 0 radical (unpaired) electrons. The van der Waals surface area contributed by atoms with E-state index in [0.29, 0.717) is 33.4 Å². The molecule has 19 heteroatoms. The van der Waals surface area contributed by atoms with Gasteiger partial charge in [0.2, 0.25) is 0 Å². The number of hydrogen-bond acceptors (Lipinski definition) is 10. The van der Waals surface area contributed by atoms with Gasteiger partial charge in [0.1, 0.15) is 11.5 Å². The Hall–Kier alpha value is -0.580. The third-order valence-corrected chi connectivity index (χ3v) is 13.2. The molecule has 0 aliphatic heterocycles. The first-order valence-corrected chi connectivity index (χ1v) is 21.8. The predicted molar refractivity (Wildman–Crippen MR) is 191 cm³/mol. The Morgan fingerprint density at radius 1 is 0.551 bits per heavy atom. The molecule has 2 atom stereocenters. The second kappa shape index (κ2) is 16.2. The van der Waals surface area contributed by atoms with Crippen LogP contribution in [0.15, 0.2) is 24.3 Å². The van der Waals surface area contributed by atoms with Crippen LogP contribution in [0.2, 0.25) is 0 Å². The maximum absolute atomic E-state index is 11.5. The molecule has 2 aromatic rings. The van der Waals surface area contributed by atoms with Gasteiger partial charge in [0, 0.05) is 0 Å². The summed E-state index contributed by atoms with van der Waals surface area (Å²) in [6, 6.07) is 6.37. The number of hydrogen-bond donors (Lipinski definition) is 6. The maximum atomic E-state index is 11.5. The Kier molecular flexibility index (Phi) is 16.0. The summed E-state index contributed by atoms with van der Waals surface area (Å²) in [5.74, 6) is 0.251. The molecule has 0 bridgehead atoms. The summed E-state index contributed by atoms with van der Waals surface area (Å²) in [5, 5.41) is 21.1. The van der Waals surface area contributed by atoms with Crippen LogP contribution in [0, 0.1) is 0 Å². The van der Waals surface area contributed by atoms with Crippen LogP contribution >= 0.6 is 13.6 Å². The van der Waals surface area contributed by atoms with Crippen molar-refractivity contribution in [2.75, 3.05) is 0 Å². The van der Waals surface area contributed by atoms with Crippen LogP contribution in [0.1, 0.15) is 119 Å². The van der Waals surface area contributed by atoms with E-state index >= 15 is 0 Å². The fourth-order valence-electron chi connectivity index (χ4n) is 4.29. The van der Waals surface area contributed by atoms with E-state index in [1.165, 1.54) is 0 Å². The molecule has 49 heavy (non-hydrogen) atoms. The summed E-state index contributed by atoms with van der Waals surface area (Å²) >= 11 is 0. The van der Waals surface area contributed by atoms with Gasteiger partial charge in [-0.3, -0.25) is 18.2 Å². The Labute approximate surface area is 322 Å². The molecule has 0 heterocycles. The molecule has 2 rings (SSSR count). The van der Waals surface area contributed by atoms with Crippen LogP contribution in [0.5, 0.6) is 11.5 Å². The van der Waals surface area contributed by atoms with Gasteiger partial charge in [-0.15, -0.1) is 0 Å². The van der Waals surface area contributed by atoms with Gasteiger partial charge >= 0.3 is 70.8 Å². The second-order valence-corrected chi connectivity index (χ2v) is 25.2. The molecule has 14 nitrogen and oxygen atoms in total. The van der Waals surface area contributed by atoms with Crippen LogP contribution < -0.4 is 0 Å². The average molecular weight is 803 g/mol. The predicted octanol–water partition coefficient (Wildman–Crippen LogP) is 6.83. The number of aromatic hydroxyl groups is 2. The minimum absolute atomic E-state index is 0. The summed E-state index contributed by atoms with van der Waals surface area (Å²) in [7, 11) is -10.4. The standard InChI is InChI=1S/2C15H25O7PS.Ca.2H/c2*1-14(2,3)11-7-10(8-12(13(11)16)15(4,5)6)9-22-23(17,18)24(19,20)21;;;/h2*7-8,16H,9H2,1-6H3,(H,17,18)(H,19,20,21);;;/q;;+2;2*-1. The molecule has 280 valence electrons. The van der Waals surface area contributed by atoms with Gasteiger partial charge in [-0.2, -0.15) is 16.8 Å². The van der Waals surface area contributed by atoms with Crippen molar-refractivity contribution in [2.45, 2.75) is 118 Å². The van der Waals surface area contributed by atoms with Gasteiger partial charge in [0.25, 0.3) is 0 Å². The first kappa shape index (κ1) is 48.4. The molecule has 2 aromatic carbocycles. The van der Waals surface area contributed by atoms with E-state index < -0.39 is 67.9 Å². The van der Waals surface area contributed by atoms with Crippen molar-refractivity contribution in [3.63, 3.8) is 0 Å². The fraction of sp³-hybridized carbons (Fsp3) is 0.600. The minimum Gasteiger partial charge on any atom is -1.00 e. The molecule has 0 aliphatic rings. The van der Waals surface area contributed by atoms with Gasteiger partial charge in [0.15, 0.2) is 0 Å².